The van der Waals surface area contributed by atoms with Gasteiger partial charge in [0, 0.05) is 17.1 Å². The summed E-state index contributed by atoms with van der Waals surface area (Å²) in [5.74, 6) is 0.896. The monoisotopic (exact) mass is 405 g/mol. The van der Waals surface area contributed by atoms with E-state index in [-0.39, 0.29) is 23.0 Å². The minimum atomic E-state index is 0.0561. The van der Waals surface area contributed by atoms with E-state index in [1.165, 1.54) is 0 Å². The van der Waals surface area contributed by atoms with Crippen LogP contribution in [0.15, 0.2) is 0 Å². The fourth-order valence-corrected chi connectivity index (χ4v) is 4.19. The highest BCUT2D eigenvalue weighted by molar-refractivity contribution is 14.1. The van der Waals surface area contributed by atoms with Gasteiger partial charge in [0.1, 0.15) is 0 Å². The second kappa shape index (κ2) is 5.71. The quantitative estimate of drug-likeness (QED) is 0.398. The van der Waals surface area contributed by atoms with Gasteiger partial charge in [-0.1, -0.05) is 22.6 Å². The first-order valence-corrected chi connectivity index (χ1v) is 8.53. The third-order valence-electron chi connectivity index (χ3n) is 3.65. The molecule has 0 atom stereocenters. The average Bonchev–Trinajstić information content (AvgIpc) is 2.23. The van der Waals surface area contributed by atoms with Crippen molar-refractivity contribution in [1.29, 1.82) is 0 Å². The number of nitrogen functional groups attached to an aromatic ring is 2. The summed E-state index contributed by atoms with van der Waals surface area (Å²) >= 11 is 2.33. The molecule has 0 aliphatic carbocycles. The van der Waals surface area contributed by atoms with E-state index in [1.807, 2.05) is 0 Å². The van der Waals surface area contributed by atoms with Gasteiger partial charge in [0.15, 0.2) is 0 Å². The Bertz CT molecular complexity index is 481. The summed E-state index contributed by atoms with van der Waals surface area (Å²) in [5.41, 5.74) is 11.5. The van der Waals surface area contributed by atoms with Gasteiger partial charge in [-0.3, -0.25) is 0 Å². The van der Waals surface area contributed by atoms with Crippen molar-refractivity contribution in [3.05, 3.63) is 0 Å². The van der Waals surface area contributed by atoms with Crippen molar-refractivity contribution in [3.8, 4) is 0 Å². The summed E-state index contributed by atoms with van der Waals surface area (Å²) in [6.07, 6.45) is 2.01. The molecule has 8 heteroatoms. The molecule has 0 radical (unpaired) electrons. The number of alkyl halides is 1. The van der Waals surface area contributed by atoms with Gasteiger partial charge in [0.2, 0.25) is 17.8 Å². The minimum Gasteiger partial charge on any atom is -0.368 e. The lowest BCUT2D eigenvalue weighted by Crippen LogP contribution is -2.62. The highest BCUT2D eigenvalue weighted by atomic mass is 127. The molecule has 0 unspecified atom stereocenters. The second-order valence-electron chi connectivity index (χ2n) is 6.90. The lowest BCUT2D eigenvalue weighted by molar-refractivity contribution is 0.160. The maximum atomic E-state index is 5.70. The van der Waals surface area contributed by atoms with Gasteiger partial charge < -0.3 is 21.7 Å². The van der Waals surface area contributed by atoms with E-state index >= 15 is 0 Å². The van der Waals surface area contributed by atoms with Crippen LogP contribution < -0.4 is 21.7 Å². The van der Waals surface area contributed by atoms with Crippen LogP contribution in [0.2, 0.25) is 0 Å². The van der Waals surface area contributed by atoms with Gasteiger partial charge in [-0.2, -0.15) is 15.0 Å². The standard InChI is InChI=1S/C13H24IN7/c1-12(2)5-8(6-13(3,4)20-12)21(7-14)11-18-9(15)17-10(16)19-11/h8,20H,5-7H2,1-4H3,(H4,15,16,17,18,19). The van der Waals surface area contributed by atoms with Crippen molar-refractivity contribution in [1.82, 2.24) is 20.3 Å². The van der Waals surface area contributed by atoms with Crippen LogP contribution in [-0.2, 0) is 0 Å². The molecule has 1 aromatic heterocycles. The minimum absolute atomic E-state index is 0.0561. The van der Waals surface area contributed by atoms with Crippen molar-refractivity contribution in [3.63, 3.8) is 0 Å². The third-order valence-corrected chi connectivity index (χ3v) is 4.39. The Morgan fingerprint density at radius 1 is 1.10 bits per heavy atom. The fourth-order valence-electron chi connectivity index (χ4n) is 3.33. The van der Waals surface area contributed by atoms with Crippen molar-refractivity contribution < 1.29 is 0 Å². The van der Waals surface area contributed by atoms with Crippen LogP contribution in [0.1, 0.15) is 40.5 Å². The van der Waals surface area contributed by atoms with E-state index in [2.05, 4.69) is 75.5 Å². The molecule has 2 rings (SSSR count). The molecular weight excluding hydrogens is 381 g/mol. The summed E-state index contributed by atoms with van der Waals surface area (Å²) in [6, 6.07) is 0.328. The molecule has 0 aromatic carbocycles. The Balaban J connectivity index is 2.32. The molecule has 1 aliphatic rings. The maximum Gasteiger partial charge on any atom is 0.232 e. The molecule has 2 heterocycles. The van der Waals surface area contributed by atoms with Crippen molar-refractivity contribution >= 4 is 40.4 Å². The Hall–Kier alpha value is -0.900. The van der Waals surface area contributed by atoms with Gasteiger partial charge in [-0.15, -0.1) is 0 Å². The summed E-state index contributed by atoms with van der Waals surface area (Å²) in [7, 11) is 0. The molecule has 5 N–H and O–H groups in total. The lowest BCUT2D eigenvalue weighted by atomic mass is 9.79. The zero-order chi connectivity index (χ0) is 15.8. The number of nitrogens with zero attached hydrogens (tertiary/aromatic N) is 4. The lowest BCUT2D eigenvalue weighted by Gasteiger charge is -2.49. The van der Waals surface area contributed by atoms with Crippen LogP contribution >= 0.6 is 22.6 Å². The molecule has 0 bridgehead atoms. The first-order chi connectivity index (χ1) is 9.62. The molecular formula is C13H24IN7. The van der Waals surface area contributed by atoms with Crippen LogP contribution in [-0.4, -0.2) is 36.6 Å². The molecule has 21 heavy (non-hydrogen) atoms. The van der Waals surface area contributed by atoms with Crippen molar-refractivity contribution in [2.45, 2.75) is 57.7 Å². The van der Waals surface area contributed by atoms with Crippen LogP contribution in [0.25, 0.3) is 0 Å². The Morgan fingerprint density at radius 2 is 1.57 bits per heavy atom. The molecule has 7 nitrogen and oxygen atoms in total. The van der Waals surface area contributed by atoms with Gasteiger partial charge in [0.25, 0.3) is 0 Å². The molecule has 0 spiro atoms. The number of piperidine rings is 1. The number of aromatic nitrogens is 3. The van der Waals surface area contributed by atoms with E-state index in [4.69, 9.17) is 11.5 Å². The first kappa shape index (κ1) is 16.5. The molecule has 0 amide bonds. The molecule has 1 aromatic rings. The summed E-state index contributed by atoms with van der Waals surface area (Å²) < 4.78 is 0.775. The Labute approximate surface area is 139 Å². The predicted molar refractivity (Wildman–Crippen MR) is 94.3 cm³/mol. The summed E-state index contributed by atoms with van der Waals surface area (Å²) in [4.78, 5) is 14.5. The fraction of sp³-hybridized carbons (Fsp3) is 0.769. The average molecular weight is 405 g/mol. The molecule has 1 saturated heterocycles. The summed E-state index contributed by atoms with van der Waals surface area (Å²) in [5, 5.41) is 3.68. The molecule has 118 valence electrons. The normalized spacial score (nSPS) is 21.2. The maximum absolute atomic E-state index is 5.70. The van der Waals surface area contributed by atoms with E-state index in [0.717, 1.165) is 17.4 Å². The number of rotatable bonds is 3. The van der Waals surface area contributed by atoms with Gasteiger partial charge in [-0.25, -0.2) is 0 Å². The molecule has 1 fully saturated rings. The van der Waals surface area contributed by atoms with Crippen molar-refractivity contribution in [2.24, 2.45) is 0 Å². The first-order valence-electron chi connectivity index (χ1n) is 7.01. The number of hydrogen-bond acceptors (Lipinski definition) is 7. The van der Waals surface area contributed by atoms with Crippen LogP contribution in [0.3, 0.4) is 0 Å². The highest BCUT2D eigenvalue weighted by Crippen LogP contribution is 2.33. The number of nitrogens with two attached hydrogens (primary N) is 2. The highest BCUT2D eigenvalue weighted by Gasteiger charge is 2.40. The Morgan fingerprint density at radius 3 is 2.00 bits per heavy atom. The van der Waals surface area contributed by atoms with E-state index in [9.17, 15) is 0 Å². The number of hydrogen-bond donors (Lipinski definition) is 3. The topological polar surface area (TPSA) is 106 Å². The van der Waals surface area contributed by atoms with E-state index in [1.54, 1.807) is 0 Å². The number of anilines is 3. The molecule has 0 saturated carbocycles. The Kier molecular flexibility index (Phi) is 4.48. The second-order valence-corrected chi connectivity index (χ2v) is 7.58. The van der Waals surface area contributed by atoms with Gasteiger partial charge >= 0.3 is 0 Å². The number of halogens is 1. The van der Waals surface area contributed by atoms with Crippen LogP contribution in [0.5, 0.6) is 0 Å². The van der Waals surface area contributed by atoms with Crippen LogP contribution in [0, 0.1) is 0 Å². The van der Waals surface area contributed by atoms with Gasteiger partial charge in [-0.05, 0) is 40.5 Å². The van der Waals surface area contributed by atoms with E-state index in [0.29, 0.717) is 12.0 Å². The van der Waals surface area contributed by atoms with Crippen LogP contribution in [0.4, 0.5) is 17.8 Å². The molecule has 1 aliphatic heterocycles. The van der Waals surface area contributed by atoms with Crippen molar-refractivity contribution in [2.75, 3.05) is 20.9 Å². The van der Waals surface area contributed by atoms with E-state index < -0.39 is 0 Å². The zero-order valence-electron chi connectivity index (χ0n) is 13.0. The zero-order valence-corrected chi connectivity index (χ0v) is 15.2. The largest absolute Gasteiger partial charge is 0.368 e. The SMILES string of the molecule is CC1(C)CC(N(CI)c2nc(N)nc(N)n2)CC(C)(C)N1. The smallest absolute Gasteiger partial charge is 0.232 e. The number of nitrogens with one attached hydrogen (secondary N) is 1. The predicted octanol–water partition coefficient (Wildman–Crippen LogP) is 1.54. The third kappa shape index (κ3) is 4.06. The van der Waals surface area contributed by atoms with Gasteiger partial charge in [0.05, 0.1) is 4.55 Å². The summed E-state index contributed by atoms with van der Waals surface area (Å²) in [6.45, 7) is 8.90.